The number of hydrogen-bond donors (Lipinski definition) is 0. The Balaban J connectivity index is 1.51. The molecule has 1 atom stereocenters. The van der Waals surface area contributed by atoms with E-state index in [2.05, 4.69) is 20.6 Å². The number of carbonyl (C=O) groups is 1. The normalized spacial score (nSPS) is 25.2. The van der Waals surface area contributed by atoms with Gasteiger partial charge in [-0.05, 0) is 38.1 Å². The van der Waals surface area contributed by atoms with E-state index in [1.54, 1.807) is 6.92 Å². The lowest BCUT2D eigenvalue weighted by Gasteiger charge is -2.42. The largest absolute Gasteiger partial charge is 0.343 e. The molecule has 2 saturated heterocycles. The molecule has 0 bridgehead atoms. The van der Waals surface area contributed by atoms with E-state index in [9.17, 15) is 4.79 Å². The Hall–Kier alpha value is -1.36. The first-order chi connectivity index (χ1) is 10.2. The molecule has 1 aromatic rings. The Kier molecular flexibility index (Phi) is 4.58. The Morgan fingerprint density at radius 3 is 2.71 bits per heavy atom. The van der Waals surface area contributed by atoms with Gasteiger partial charge in [0.25, 0.3) is 0 Å². The minimum absolute atomic E-state index is 0.227. The van der Waals surface area contributed by atoms with Crippen LogP contribution in [-0.4, -0.2) is 57.5 Å². The van der Waals surface area contributed by atoms with E-state index in [0.717, 1.165) is 38.4 Å². The van der Waals surface area contributed by atoms with E-state index in [4.69, 9.17) is 0 Å². The van der Waals surface area contributed by atoms with Crippen molar-refractivity contribution < 1.29 is 4.79 Å². The van der Waals surface area contributed by atoms with E-state index in [1.165, 1.54) is 25.9 Å². The van der Waals surface area contributed by atoms with Crippen molar-refractivity contribution in [1.29, 1.82) is 0 Å². The van der Waals surface area contributed by atoms with Gasteiger partial charge >= 0.3 is 0 Å². The Morgan fingerprint density at radius 2 is 2.05 bits per heavy atom. The maximum atomic E-state index is 11.4. The van der Waals surface area contributed by atoms with Crippen molar-refractivity contribution >= 4 is 5.91 Å². The summed E-state index contributed by atoms with van der Waals surface area (Å²) in [5, 5.41) is 0. The van der Waals surface area contributed by atoms with E-state index >= 15 is 0 Å². The van der Waals surface area contributed by atoms with Crippen LogP contribution in [0.5, 0.6) is 0 Å². The summed E-state index contributed by atoms with van der Waals surface area (Å²) < 4.78 is 2.20. The van der Waals surface area contributed by atoms with Gasteiger partial charge in [0.05, 0.1) is 6.33 Å². The summed E-state index contributed by atoms with van der Waals surface area (Å²) in [7, 11) is 0. The summed E-state index contributed by atoms with van der Waals surface area (Å²) in [4.78, 5) is 20.2. The lowest BCUT2D eigenvalue weighted by Crippen LogP contribution is -2.49. The number of likely N-dealkylation sites (tertiary alicyclic amines) is 2. The van der Waals surface area contributed by atoms with Gasteiger partial charge in [-0.15, -0.1) is 0 Å². The first-order valence-electron chi connectivity index (χ1n) is 8.17. The zero-order chi connectivity index (χ0) is 14.7. The van der Waals surface area contributed by atoms with E-state index < -0.39 is 0 Å². The van der Waals surface area contributed by atoms with Gasteiger partial charge in [0.1, 0.15) is 0 Å². The van der Waals surface area contributed by atoms with E-state index in [1.807, 2.05) is 17.4 Å². The summed E-state index contributed by atoms with van der Waals surface area (Å²) >= 11 is 0. The fraction of sp³-hybridized carbons (Fsp3) is 0.750. The molecule has 2 fully saturated rings. The molecule has 0 N–H and O–H groups in total. The maximum absolute atomic E-state index is 11.4. The van der Waals surface area contributed by atoms with Crippen LogP contribution in [0.3, 0.4) is 0 Å². The zero-order valence-corrected chi connectivity index (χ0v) is 12.9. The van der Waals surface area contributed by atoms with Crippen LogP contribution >= 0.6 is 0 Å². The highest BCUT2D eigenvalue weighted by atomic mass is 16.2. The molecule has 0 aliphatic carbocycles. The number of carbonyl (C=O) groups excluding carboxylic acids is 1. The molecular weight excluding hydrogens is 264 g/mol. The van der Waals surface area contributed by atoms with Gasteiger partial charge in [-0.3, -0.25) is 9.69 Å². The smallest absolute Gasteiger partial charge is 0.219 e. The average molecular weight is 290 g/mol. The van der Waals surface area contributed by atoms with E-state index in [0.29, 0.717) is 6.04 Å². The highest BCUT2D eigenvalue weighted by molar-refractivity contribution is 5.73. The summed E-state index contributed by atoms with van der Waals surface area (Å²) in [5.41, 5.74) is 0. The quantitative estimate of drug-likeness (QED) is 0.849. The number of amides is 1. The molecule has 5 nitrogen and oxygen atoms in total. The molecule has 0 radical (unpaired) electrons. The Labute approximate surface area is 126 Å². The van der Waals surface area contributed by atoms with Crippen LogP contribution in [-0.2, 0) is 11.3 Å². The molecular formula is C16H26N4O. The van der Waals surface area contributed by atoms with Crippen molar-refractivity contribution in [2.24, 2.45) is 5.92 Å². The lowest BCUT2D eigenvalue weighted by molar-refractivity contribution is -0.130. The highest BCUT2D eigenvalue weighted by Gasteiger charge is 2.29. The fourth-order valence-corrected chi connectivity index (χ4v) is 3.82. The molecule has 21 heavy (non-hydrogen) atoms. The van der Waals surface area contributed by atoms with Gasteiger partial charge in [0.2, 0.25) is 5.91 Å². The number of imidazole rings is 1. The lowest BCUT2D eigenvalue weighted by atomic mass is 9.93. The van der Waals surface area contributed by atoms with Crippen molar-refractivity contribution in [3.8, 4) is 0 Å². The third kappa shape index (κ3) is 3.64. The second-order valence-electron chi connectivity index (χ2n) is 6.50. The van der Waals surface area contributed by atoms with Crippen LogP contribution in [0.4, 0.5) is 0 Å². The van der Waals surface area contributed by atoms with Gasteiger partial charge in [-0.25, -0.2) is 4.98 Å². The molecule has 2 aliphatic rings. The summed E-state index contributed by atoms with van der Waals surface area (Å²) in [6.45, 7) is 7.06. The molecule has 116 valence electrons. The number of piperidine rings is 2. The predicted molar refractivity (Wildman–Crippen MR) is 81.8 cm³/mol. The molecule has 0 saturated carbocycles. The molecule has 0 aromatic carbocycles. The number of nitrogens with zero attached hydrogens (tertiary/aromatic N) is 4. The first kappa shape index (κ1) is 14.6. The van der Waals surface area contributed by atoms with Gasteiger partial charge in [0, 0.05) is 51.5 Å². The van der Waals surface area contributed by atoms with Crippen LogP contribution in [0.1, 0.15) is 32.6 Å². The van der Waals surface area contributed by atoms with Gasteiger partial charge in [-0.2, -0.15) is 0 Å². The summed E-state index contributed by atoms with van der Waals surface area (Å²) in [6.07, 6.45) is 10.7. The van der Waals surface area contributed by atoms with Crippen molar-refractivity contribution in [2.75, 3.05) is 26.2 Å². The van der Waals surface area contributed by atoms with Crippen molar-refractivity contribution in [2.45, 2.75) is 45.2 Å². The third-order valence-electron chi connectivity index (χ3n) is 5.00. The Bertz CT molecular complexity index is 451. The average Bonchev–Trinajstić information content (AvgIpc) is 3.00. The van der Waals surface area contributed by atoms with Crippen LogP contribution in [0.2, 0.25) is 0 Å². The second kappa shape index (κ2) is 6.60. The highest BCUT2D eigenvalue weighted by Crippen LogP contribution is 2.24. The van der Waals surface area contributed by atoms with Crippen LogP contribution in [0.15, 0.2) is 18.7 Å². The minimum atomic E-state index is 0.227. The van der Waals surface area contributed by atoms with Crippen molar-refractivity contribution in [3.05, 3.63) is 18.7 Å². The molecule has 1 aromatic heterocycles. The number of hydrogen-bond acceptors (Lipinski definition) is 3. The van der Waals surface area contributed by atoms with Gasteiger partial charge in [0.15, 0.2) is 0 Å². The topological polar surface area (TPSA) is 41.4 Å². The number of rotatable bonds is 3. The fourth-order valence-electron chi connectivity index (χ4n) is 3.82. The summed E-state index contributed by atoms with van der Waals surface area (Å²) in [6, 6.07) is 0.672. The molecule has 1 amide bonds. The van der Waals surface area contributed by atoms with Crippen LogP contribution in [0, 0.1) is 5.92 Å². The molecule has 3 heterocycles. The van der Waals surface area contributed by atoms with Crippen LogP contribution in [0.25, 0.3) is 0 Å². The monoisotopic (exact) mass is 290 g/mol. The SMILES string of the molecule is CC(=O)N1CCC(N2CCC[C@H](Cn3ccnc3)C2)CC1. The first-order valence-corrected chi connectivity index (χ1v) is 8.17. The van der Waals surface area contributed by atoms with Crippen molar-refractivity contribution in [1.82, 2.24) is 19.4 Å². The molecule has 3 rings (SSSR count). The minimum Gasteiger partial charge on any atom is -0.343 e. The number of aromatic nitrogens is 2. The van der Waals surface area contributed by atoms with E-state index in [-0.39, 0.29) is 5.91 Å². The predicted octanol–water partition coefficient (Wildman–Crippen LogP) is 1.61. The molecule has 0 spiro atoms. The third-order valence-corrected chi connectivity index (χ3v) is 5.00. The molecule has 0 unspecified atom stereocenters. The molecule has 5 heteroatoms. The van der Waals surface area contributed by atoms with Gasteiger partial charge < -0.3 is 9.47 Å². The Morgan fingerprint density at radius 1 is 1.24 bits per heavy atom. The zero-order valence-electron chi connectivity index (χ0n) is 12.9. The summed E-state index contributed by atoms with van der Waals surface area (Å²) in [5.74, 6) is 0.962. The van der Waals surface area contributed by atoms with Crippen LogP contribution < -0.4 is 0 Å². The second-order valence-corrected chi connectivity index (χ2v) is 6.50. The van der Waals surface area contributed by atoms with Gasteiger partial charge in [-0.1, -0.05) is 0 Å². The maximum Gasteiger partial charge on any atom is 0.219 e. The molecule has 2 aliphatic heterocycles. The standard InChI is InChI=1S/C16H26N4O/c1-14(21)19-8-4-16(5-9-19)20-7-2-3-15(12-20)11-18-10-6-17-13-18/h6,10,13,15-16H,2-5,7-9,11-12H2,1H3/t15-/m1/s1. The van der Waals surface area contributed by atoms with Crippen molar-refractivity contribution in [3.63, 3.8) is 0 Å².